The van der Waals surface area contributed by atoms with Crippen LogP contribution in [0.1, 0.15) is 30.8 Å². The Labute approximate surface area is 124 Å². The molecular formula is C16H19N5. The lowest BCUT2D eigenvalue weighted by Gasteiger charge is -2.19. The molecule has 2 aromatic heterocycles. The molecule has 0 saturated heterocycles. The third kappa shape index (κ3) is 2.64. The monoisotopic (exact) mass is 281 g/mol. The van der Waals surface area contributed by atoms with Crippen molar-refractivity contribution < 1.29 is 0 Å². The maximum absolute atomic E-state index is 4.63. The number of hydrogen-bond donors (Lipinski definition) is 1. The van der Waals surface area contributed by atoms with Crippen LogP contribution in [0.5, 0.6) is 0 Å². The standard InChI is InChI=1S/C16H19N5/c1-3-9-17-16(14-11-19-20-21(14)2)15-13-7-5-4-6-12(13)8-10-18-15/h4-8,10-11,16-17H,3,9H2,1-2H3. The number of pyridine rings is 1. The Bertz CT molecular complexity index is 729. The van der Waals surface area contributed by atoms with Crippen LogP contribution in [0.15, 0.2) is 42.7 Å². The summed E-state index contributed by atoms with van der Waals surface area (Å²) in [7, 11) is 1.91. The third-order valence-electron chi connectivity index (χ3n) is 3.62. The molecule has 1 atom stereocenters. The van der Waals surface area contributed by atoms with E-state index in [1.54, 1.807) is 10.9 Å². The first-order valence-electron chi connectivity index (χ1n) is 7.23. The molecule has 0 bridgehead atoms. The average Bonchev–Trinajstić information content (AvgIpc) is 2.94. The summed E-state index contributed by atoms with van der Waals surface area (Å²) in [6, 6.07) is 10.4. The van der Waals surface area contributed by atoms with E-state index >= 15 is 0 Å². The van der Waals surface area contributed by atoms with Crippen LogP contribution in [-0.4, -0.2) is 26.5 Å². The van der Waals surface area contributed by atoms with Crippen LogP contribution in [0.25, 0.3) is 10.8 Å². The van der Waals surface area contributed by atoms with Crippen LogP contribution >= 0.6 is 0 Å². The second kappa shape index (κ2) is 6.01. The van der Waals surface area contributed by atoms with Gasteiger partial charge in [-0.1, -0.05) is 36.4 Å². The molecule has 5 heteroatoms. The van der Waals surface area contributed by atoms with Crippen LogP contribution in [-0.2, 0) is 7.05 Å². The summed E-state index contributed by atoms with van der Waals surface area (Å²) in [4.78, 5) is 4.63. The second-order valence-electron chi connectivity index (χ2n) is 5.09. The average molecular weight is 281 g/mol. The molecule has 0 fully saturated rings. The Morgan fingerprint density at radius 3 is 2.86 bits per heavy atom. The highest BCUT2D eigenvalue weighted by atomic mass is 15.4. The minimum Gasteiger partial charge on any atom is -0.304 e. The highest BCUT2D eigenvalue weighted by molar-refractivity contribution is 5.84. The molecule has 108 valence electrons. The molecule has 0 aliphatic carbocycles. The quantitative estimate of drug-likeness (QED) is 0.780. The summed E-state index contributed by atoms with van der Waals surface area (Å²) in [6.45, 7) is 3.07. The zero-order valence-corrected chi connectivity index (χ0v) is 12.3. The molecule has 21 heavy (non-hydrogen) atoms. The third-order valence-corrected chi connectivity index (χ3v) is 3.62. The molecule has 5 nitrogen and oxygen atoms in total. The SMILES string of the molecule is CCCNC(c1nccc2ccccc12)c1cnnn1C. The van der Waals surface area contributed by atoms with Crippen molar-refractivity contribution in [2.24, 2.45) is 7.05 Å². The van der Waals surface area contributed by atoms with Gasteiger partial charge in [0.1, 0.15) is 0 Å². The van der Waals surface area contributed by atoms with E-state index in [4.69, 9.17) is 0 Å². The van der Waals surface area contributed by atoms with E-state index in [0.717, 1.165) is 29.7 Å². The zero-order valence-electron chi connectivity index (χ0n) is 12.3. The van der Waals surface area contributed by atoms with Gasteiger partial charge < -0.3 is 5.32 Å². The number of rotatable bonds is 5. The first-order valence-corrected chi connectivity index (χ1v) is 7.23. The molecule has 3 rings (SSSR count). The van der Waals surface area contributed by atoms with Crippen LogP contribution in [0, 0.1) is 0 Å². The first-order chi connectivity index (χ1) is 10.3. The van der Waals surface area contributed by atoms with Crippen molar-refractivity contribution in [3.63, 3.8) is 0 Å². The van der Waals surface area contributed by atoms with Crippen LogP contribution in [0.2, 0.25) is 0 Å². The van der Waals surface area contributed by atoms with Crippen LogP contribution in [0.3, 0.4) is 0 Å². The van der Waals surface area contributed by atoms with Crippen LogP contribution < -0.4 is 5.32 Å². The fourth-order valence-electron chi connectivity index (χ4n) is 2.56. The molecule has 1 unspecified atom stereocenters. The molecule has 2 heterocycles. The van der Waals surface area contributed by atoms with Crippen molar-refractivity contribution in [1.82, 2.24) is 25.3 Å². The Kier molecular flexibility index (Phi) is 3.92. The van der Waals surface area contributed by atoms with Gasteiger partial charge in [-0.2, -0.15) is 0 Å². The van der Waals surface area contributed by atoms with Crippen molar-refractivity contribution in [2.45, 2.75) is 19.4 Å². The summed E-state index contributed by atoms with van der Waals surface area (Å²) in [6.07, 6.45) is 4.73. The summed E-state index contributed by atoms with van der Waals surface area (Å²) < 4.78 is 1.80. The van der Waals surface area contributed by atoms with Gasteiger partial charge in [-0.15, -0.1) is 5.10 Å². The number of benzene rings is 1. The van der Waals surface area contributed by atoms with E-state index in [1.165, 1.54) is 5.39 Å². The molecule has 0 aliphatic heterocycles. The lowest BCUT2D eigenvalue weighted by Crippen LogP contribution is -2.26. The molecule has 0 radical (unpaired) electrons. The lowest BCUT2D eigenvalue weighted by molar-refractivity contribution is 0.544. The normalized spacial score (nSPS) is 12.7. The van der Waals surface area contributed by atoms with Crippen molar-refractivity contribution in [2.75, 3.05) is 6.54 Å². The van der Waals surface area contributed by atoms with Crippen molar-refractivity contribution in [3.8, 4) is 0 Å². The molecule has 1 N–H and O–H groups in total. The zero-order chi connectivity index (χ0) is 14.7. The Morgan fingerprint density at radius 2 is 2.10 bits per heavy atom. The van der Waals surface area contributed by atoms with Gasteiger partial charge in [-0.25, -0.2) is 0 Å². The summed E-state index contributed by atoms with van der Waals surface area (Å²) in [5.41, 5.74) is 2.04. The summed E-state index contributed by atoms with van der Waals surface area (Å²) in [5, 5.41) is 14.0. The number of nitrogens with zero attached hydrogens (tertiary/aromatic N) is 4. The van der Waals surface area contributed by atoms with Gasteiger partial charge in [-0.05, 0) is 24.4 Å². The second-order valence-corrected chi connectivity index (χ2v) is 5.09. The van der Waals surface area contributed by atoms with Gasteiger partial charge in [0, 0.05) is 18.6 Å². The Balaban J connectivity index is 2.12. The molecule has 1 aromatic carbocycles. The van der Waals surface area contributed by atoms with Gasteiger partial charge >= 0.3 is 0 Å². The number of aryl methyl sites for hydroxylation is 1. The smallest absolute Gasteiger partial charge is 0.0944 e. The number of aromatic nitrogens is 4. The predicted octanol–water partition coefficient (Wildman–Crippen LogP) is 2.45. The maximum atomic E-state index is 4.63. The van der Waals surface area contributed by atoms with Crippen molar-refractivity contribution >= 4 is 10.8 Å². The molecular weight excluding hydrogens is 262 g/mol. The van der Waals surface area contributed by atoms with E-state index < -0.39 is 0 Å². The highest BCUT2D eigenvalue weighted by Gasteiger charge is 2.20. The van der Waals surface area contributed by atoms with Crippen molar-refractivity contribution in [1.29, 1.82) is 0 Å². The lowest BCUT2D eigenvalue weighted by atomic mass is 10.0. The van der Waals surface area contributed by atoms with Gasteiger partial charge in [0.25, 0.3) is 0 Å². The summed E-state index contributed by atoms with van der Waals surface area (Å²) in [5.74, 6) is 0. The largest absolute Gasteiger partial charge is 0.304 e. The minimum absolute atomic E-state index is 0.00366. The van der Waals surface area contributed by atoms with E-state index in [9.17, 15) is 0 Å². The molecule has 0 aliphatic rings. The van der Waals surface area contributed by atoms with E-state index in [1.807, 2.05) is 31.4 Å². The highest BCUT2D eigenvalue weighted by Crippen LogP contribution is 2.26. The minimum atomic E-state index is -0.00366. The van der Waals surface area contributed by atoms with Crippen molar-refractivity contribution in [3.05, 3.63) is 54.1 Å². The van der Waals surface area contributed by atoms with Gasteiger partial charge in [-0.3, -0.25) is 9.67 Å². The maximum Gasteiger partial charge on any atom is 0.0944 e. The first kappa shape index (κ1) is 13.7. The topological polar surface area (TPSA) is 55.6 Å². The predicted molar refractivity (Wildman–Crippen MR) is 82.9 cm³/mol. The molecule has 0 spiro atoms. The number of hydrogen-bond acceptors (Lipinski definition) is 4. The Hall–Kier alpha value is -2.27. The summed E-state index contributed by atoms with van der Waals surface area (Å²) >= 11 is 0. The molecule has 0 amide bonds. The van der Waals surface area contributed by atoms with E-state index in [0.29, 0.717) is 0 Å². The van der Waals surface area contributed by atoms with Crippen LogP contribution in [0.4, 0.5) is 0 Å². The fraction of sp³-hybridized carbons (Fsp3) is 0.312. The number of fused-ring (bicyclic) bond motifs is 1. The van der Waals surface area contributed by atoms with E-state index in [2.05, 4.69) is 39.7 Å². The van der Waals surface area contributed by atoms with Gasteiger partial charge in [0.05, 0.1) is 23.6 Å². The molecule has 3 aromatic rings. The van der Waals surface area contributed by atoms with Gasteiger partial charge in [0.2, 0.25) is 0 Å². The number of nitrogens with one attached hydrogen (secondary N) is 1. The fourth-order valence-corrected chi connectivity index (χ4v) is 2.56. The van der Waals surface area contributed by atoms with E-state index in [-0.39, 0.29) is 6.04 Å². The van der Waals surface area contributed by atoms with Gasteiger partial charge in [0.15, 0.2) is 0 Å². The Morgan fingerprint density at radius 1 is 1.24 bits per heavy atom. The molecule has 0 saturated carbocycles.